The summed E-state index contributed by atoms with van der Waals surface area (Å²) in [5.74, 6) is -1.44. The highest BCUT2D eigenvalue weighted by molar-refractivity contribution is 6.07. The molecule has 0 radical (unpaired) electrons. The van der Waals surface area contributed by atoms with Crippen LogP contribution in [0.4, 0.5) is 10.5 Å². The number of hydrogen-bond acceptors (Lipinski definition) is 4. The van der Waals surface area contributed by atoms with Crippen molar-refractivity contribution in [1.29, 1.82) is 0 Å². The molecule has 0 atom stereocenters. The van der Waals surface area contributed by atoms with Gasteiger partial charge in [-0.1, -0.05) is 0 Å². The second-order valence-corrected chi connectivity index (χ2v) is 4.73. The normalized spacial score (nSPS) is 15.4. The van der Waals surface area contributed by atoms with Gasteiger partial charge >= 0.3 is 12.0 Å². The Balaban J connectivity index is 2.08. The smallest absolute Gasteiger partial charge is 0.357 e. The Morgan fingerprint density at radius 3 is 2.81 bits per heavy atom. The van der Waals surface area contributed by atoms with Crippen LogP contribution in [0.15, 0.2) is 18.2 Å². The fraction of sp³-hybridized carbons (Fsp3) is 0.231. The van der Waals surface area contributed by atoms with E-state index in [9.17, 15) is 19.5 Å². The summed E-state index contributed by atoms with van der Waals surface area (Å²) in [6, 6.07) is 4.49. The van der Waals surface area contributed by atoms with Crippen molar-refractivity contribution >= 4 is 34.5 Å². The Kier molecular flexibility index (Phi) is 2.86. The lowest BCUT2D eigenvalue weighted by Crippen LogP contribution is -2.49. The Morgan fingerprint density at radius 1 is 1.38 bits per heavy atom. The topological polar surface area (TPSA) is 105 Å². The molecule has 1 aliphatic heterocycles. The minimum absolute atomic E-state index is 0.0668. The molecule has 1 aliphatic rings. The number of hydrogen-bond donors (Lipinski definition) is 2. The van der Waals surface area contributed by atoms with Crippen molar-refractivity contribution in [3.05, 3.63) is 23.9 Å². The second kappa shape index (κ2) is 4.58. The molecule has 0 aliphatic carbocycles. The van der Waals surface area contributed by atoms with Crippen molar-refractivity contribution < 1.29 is 19.5 Å². The van der Waals surface area contributed by atoms with Gasteiger partial charge < -0.3 is 5.11 Å². The molecule has 8 heteroatoms. The highest BCUT2D eigenvalue weighted by atomic mass is 16.4. The summed E-state index contributed by atoms with van der Waals surface area (Å²) in [7, 11) is 1.65. The maximum absolute atomic E-state index is 11.8. The van der Waals surface area contributed by atoms with Crippen LogP contribution in [0.1, 0.15) is 16.9 Å². The van der Waals surface area contributed by atoms with Crippen LogP contribution >= 0.6 is 0 Å². The predicted molar refractivity (Wildman–Crippen MR) is 73.2 cm³/mol. The van der Waals surface area contributed by atoms with Gasteiger partial charge in [-0.2, -0.15) is 5.10 Å². The molecule has 2 N–H and O–H groups in total. The van der Waals surface area contributed by atoms with Gasteiger partial charge in [0.05, 0.1) is 5.52 Å². The molecule has 2 heterocycles. The number of nitrogens with one attached hydrogen (secondary N) is 1. The zero-order chi connectivity index (χ0) is 15.1. The first-order chi connectivity index (χ1) is 9.97. The molecular weight excluding hydrogens is 276 g/mol. The fourth-order valence-electron chi connectivity index (χ4n) is 2.39. The van der Waals surface area contributed by atoms with Crippen LogP contribution in [0.25, 0.3) is 10.9 Å². The van der Waals surface area contributed by atoms with Crippen LogP contribution in [-0.2, 0) is 11.8 Å². The summed E-state index contributed by atoms with van der Waals surface area (Å²) in [5, 5.41) is 15.8. The van der Waals surface area contributed by atoms with Crippen LogP contribution < -0.4 is 10.2 Å². The zero-order valence-electron chi connectivity index (χ0n) is 11.2. The molecule has 1 fully saturated rings. The number of carbonyl (C=O) groups excluding carboxylic acids is 2. The number of aromatic nitrogens is 2. The Hall–Kier alpha value is -2.90. The molecule has 108 valence electrons. The second-order valence-electron chi connectivity index (χ2n) is 4.73. The van der Waals surface area contributed by atoms with E-state index in [1.807, 2.05) is 0 Å². The lowest BCUT2D eigenvalue weighted by molar-refractivity contribution is -0.120. The lowest BCUT2D eigenvalue weighted by Gasteiger charge is -2.26. The highest BCUT2D eigenvalue weighted by Crippen LogP contribution is 2.25. The quantitative estimate of drug-likeness (QED) is 0.847. The zero-order valence-corrected chi connectivity index (χ0v) is 11.2. The third-order valence-electron chi connectivity index (χ3n) is 3.40. The Labute approximate surface area is 118 Å². The van der Waals surface area contributed by atoms with Gasteiger partial charge in [-0.25, -0.2) is 9.59 Å². The average Bonchev–Trinajstić information content (AvgIpc) is 2.76. The Morgan fingerprint density at radius 2 is 2.14 bits per heavy atom. The number of carboxylic acid groups (broad SMARTS) is 1. The van der Waals surface area contributed by atoms with E-state index in [1.165, 1.54) is 9.58 Å². The molecule has 21 heavy (non-hydrogen) atoms. The number of fused-ring (bicyclic) bond motifs is 1. The molecule has 1 aromatic heterocycles. The van der Waals surface area contributed by atoms with Gasteiger partial charge in [0.1, 0.15) is 0 Å². The van der Waals surface area contributed by atoms with Gasteiger partial charge in [-0.05, 0) is 18.2 Å². The van der Waals surface area contributed by atoms with E-state index in [0.717, 1.165) is 0 Å². The maximum Gasteiger partial charge on any atom is 0.357 e. The molecule has 1 saturated heterocycles. The largest absolute Gasteiger partial charge is 0.476 e. The van der Waals surface area contributed by atoms with Gasteiger partial charge in [0.25, 0.3) is 0 Å². The number of carbonyl (C=O) groups is 3. The standard InChI is InChI=1S/C13H12N4O4/c1-16-9-3-2-7(6-8(9)11(15-16)12(19)20)17-5-4-10(18)14-13(17)21/h2-3,6H,4-5H2,1H3,(H,19,20)(H,14,18,21). The first-order valence-corrected chi connectivity index (χ1v) is 6.29. The minimum Gasteiger partial charge on any atom is -0.476 e. The third-order valence-corrected chi connectivity index (χ3v) is 3.40. The summed E-state index contributed by atoms with van der Waals surface area (Å²) in [6.45, 7) is 0.263. The minimum atomic E-state index is -1.13. The highest BCUT2D eigenvalue weighted by Gasteiger charge is 2.25. The summed E-state index contributed by atoms with van der Waals surface area (Å²) >= 11 is 0. The molecule has 8 nitrogen and oxygen atoms in total. The number of benzene rings is 1. The summed E-state index contributed by atoms with van der Waals surface area (Å²) in [5.41, 5.74) is 1.12. The average molecular weight is 288 g/mol. The van der Waals surface area contributed by atoms with Gasteiger partial charge in [0.15, 0.2) is 5.69 Å². The van der Waals surface area contributed by atoms with Gasteiger partial charge in [-0.15, -0.1) is 0 Å². The number of aryl methyl sites for hydroxylation is 1. The number of amides is 3. The number of imide groups is 1. The molecule has 0 bridgehead atoms. The third kappa shape index (κ3) is 2.10. The Bertz CT molecular complexity index is 780. The van der Waals surface area contributed by atoms with E-state index in [1.54, 1.807) is 25.2 Å². The maximum atomic E-state index is 11.8. The van der Waals surface area contributed by atoms with Gasteiger partial charge in [0, 0.05) is 31.1 Å². The number of urea groups is 1. The monoisotopic (exact) mass is 288 g/mol. The fourth-order valence-corrected chi connectivity index (χ4v) is 2.39. The van der Waals surface area contributed by atoms with E-state index in [4.69, 9.17) is 0 Å². The number of anilines is 1. The van der Waals surface area contributed by atoms with Crippen LogP contribution in [0.3, 0.4) is 0 Å². The first kappa shape index (κ1) is 13.1. The van der Waals surface area contributed by atoms with E-state index >= 15 is 0 Å². The van der Waals surface area contributed by atoms with E-state index < -0.39 is 12.0 Å². The van der Waals surface area contributed by atoms with Gasteiger partial charge in [-0.3, -0.25) is 19.7 Å². The van der Waals surface area contributed by atoms with E-state index in [0.29, 0.717) is 16.6 Å². The molecule has 3 rings (SSSR count). The van der Waals surface area contributed by atoms with Crippen molar-refractivity contribution in [1.82, 2.24) is 15.1 Å². The number of carboxylic acids is 1. The summed E-state index contributed by atoms with van der Waals surface area (Å²) in [4.78, 5) is 35.6. The molecule has 1 aromatic carbocycles. The number of aromatic carboxylic acids is 1. The van der Waals surface area contributed by atoms with Gasteiger partial charge in [0.2, 0.25) is 5.91 Å². The van der Waals surface area contributed by atoms with E-state index in [-0.39, 0.29) is 24.6 Å². The molecule has 0 saturated carbocycles. The van der Waals surface area contributed by atoms with Crippen molar-refractivity contribution in [2.45, 2.75) is 6.42 Å². The van der Waals surface area contributed by atoms with Crippen LogP contribution in [0, 0.1) is 0 Å². The SMILES string of the molecule is Cn1nc(C(=O)O)c2cc(N3CCC(=O)NC3=O)ccc21. The molecule has 2 aromatic rings. The lowest BCUT2D eigenvalue weighted by atomic mass is 10.1. The number of nitrogens with zero attached hydrogens (tertiary/aromatic N) is 3. The van der Waals surface area contributed by atoms with Crippen molar-refractivity contribution in [3.63, 3.8) is 0 Å². The molecular formula is C13H12N4O4. The molecule has 0 unspecified atom stereocenters. The van der Waals surface area contributed by atoms with Crippen LogP contribution in [0.5, 0.6) is 0 Å². The van der Waals surface area contributed by atoms with Crippen molar-refractivity contribution in [3.8, 4) is 0 Å². The predicted octanol–water partition coefficient (Wildman–Crippen LogP) is 0.718. The van der Waals surface area contributed by atoms with Crippen molar-refractivity contribution in [2.75, 3.05) is 11.4 Å². The first-order valence-electron chi connectivity index (χ1n) is 6.29. The molecule has 0 spiro atoms. The van der Waals surface area contributed by atoms with Crippen LogP contribution in [0.2, 0.25) is 0 Å². The summed E-state index contributed by atoms with van der Waals surface area (Å²) < 4.78 is 1.47. The van der Waals surface area contributed by atoms with Crippen molar-refractivity contribution in [2.24, 2.45) is 7.05 Å². The number of rotatable bonds is 2. The van der Waals surface area contributed by atoms with E-state index in [2.05, 4.69) is 10.4 Å². The summed E-state index contributed by atoms with van der Waals surface area (Å²) in [6.07, 6.45) is 0.211. The van der Waals surface area contributed by atoms with Crippen LogP contribution in [-0.4, -0.2) is 39.3 Å². The molecule has 3 amide bonds.